The van der Waals surface area contributed by atoms with E-state index in [-0.39, 0.29) is 29.5 Å². The van der Waals surface area contributed by atoms with E-state index in [9.17, 15) is 9.59 Å². The van der Waals surface area contributed by atoms with Gasteiger partial charge in [-0.1, -0.05) is 25.5 Å². The number of carbonyl (C=O) groups is 2. The highest BCUT2D eigenvalue weighted by atomic mass is 16.5. The van der Waals surface area contributed by atoms with Gasteiger partial charge >= 0.3 is 5.97 Å². The van der Waals surface area contributed by atoms with Crippen molar-refractivity contribution >= 4 is 11.8 Å². The lowest BCUT2D eigenvalue weighted by atomic mass is 10.1. The molecule has 1 saturated carbocycles. The summed E-state index contributed by atoms with van der Waals surface area (Å²) in [6.45, 7) is 13.7. The van der Waals surface area contributed by atoms with Gasteiger partial charge in [-0.15, -0.1) is 6.58 Å². The van der Waals surface area contributed by atoms with Crippen LogP contribution in [0.15, 0.2) is 34.9 Å². The number of hydrogen-bond donors (Lipinski definition) is 0. The minimum Gasteiger partial charge on any atom is -0.457 e. The fraction of sp³-hybridized carbons (Fsp3) is 0.556. The van der Waals surface area contributed by atoms with Crippen LogP contribution >= 0.6 is 0 Å². The maximum absolute atomic E-state index is 12.4. The van der Waals surface area contributed by atoms with Crippen molar-refractivity contribution in [2.45, 2.75) is 53.6 Å². The Morgan fingerprint density at radius 3 is 2.52 bits per heavy atom. The summed E-state index contributed by atoms with van der Waals surface area (Å²) in [6.07, 6.45) is 2.15. The molecule has 2 aliphatic carbocycles. The van der Waals surface area contributed by atoms with Gasteiger partial charge in [0.25, 0.3) is 0 Å². The van der Waals surface area contributed by atoms with Crippen molar-refractivity contribution in [1.82, 2.24) is 0 Å². The summed E-state index contributed by atoms with van der Waals surface area (Å²) in [7, 11) is 0. The molecule has 0 heterocycles. The van der Waals surface area contributed by atoms with Crippen molar-refractivity contribution in [3.05, 3.63) is 34.9 Å². The highest BCUT2D eigenvalue weighted by Gasteiger charge is 2.58. The maximum atomic E-state index is 12.4. The van der Waals surface area contributed by atoms with Crippen molar-refractivity contribution < 1.29 is 14.3 Å². The fourth-order valence-electron chi connectivity index (χ4n) is 3.51. The normalized spacial score (nSPS) is 26.9. The summed E-state index contributed by atoms with van der Waals surface area (Å²) < 4.78 is 5.62. The molecule has 0 aromatic heterocycles. The molecule has 0 saturated heterocycles. The predicted octanol–water partition coefficient (Wildman–Crippen LogP) is 3.76. The fourth-order valence-corrected chi connectivity index (χ4v) is 3.51. The van der Waals surface area contributed by atoms with E-state index in [0.29, 0.717) is 6.42 Å². The van der Waals surface area contributed by atoms with Crippen molar-refractivity contribution in [2.75, 3.05) is 0 Å². The Morgan fingerprint density at radius 1 is 1.43 bits per heavy atom. The van der Waals surface area contributed by atoms with Crippen LogP contribution in [-0.4, -0.2) is 17.9 Å². The van der Waals surface area contributed by atoms with E-state index < -0.39 is 6.10 Å². The molecule has 0 aromatic carbocycles. The molecule has 0 bridgehead atoms. The second kappa shape index (κ2) is 5.28. The molecular formula is C18H24O3. The Bertz CT molecular complexity index is 571. The third-order valence-corrected chi connectivity index (χ3v) is 4.67. The lowest BCUT2D eigenvalue weighted by molar-refractivity contribution is -0.149. The lowest BCUT2D eigenvalue weighted by Gasteiger charge is -2.13. The lowest BCUT2D eigenvalue weighted by Crippen LogP contribution is -2.20. The molecule has 3 nitrogen and oxygen atoms in total. The minimum atomic E-state index is -0.394. The molecule has 21 heavy (non-hydrogen) atoms. The van der Waals surface area contributed by atoms with Crippen molar-refractivity contribution in [3.63, 3.8) is 0 Å². The van der Waals surface area contributed by atoms with Crippen LogP contribution in [0.1, 0.15) is 47.5 Å². The highest BCUT2D eigenvalue weighted by molar-refractivity contribution is 6.00. The molecule has 3 heteroatoms. The van der Waals surface area contributed by atoms with Crippen LogP contribution in [0.4, 0.5) is 0 Å². The number of Topliss-reactive ketones (excluding diaryl/α,β-unsaturated/α-hetero) is 1. The number of allylic oxidation sites excluding steroid dienone is 3. The Labute approximate surface area is 126 Å². The summed E-state index contributed by atoms with van der Waals surface area (Å²) in [4.78, 5) is 24.3. The zero-order chi connectivity index (χ0) is 15.9. The zero-order valence-corrected chi connectivity index (χ0v) is 13.6. The second-order valence-corrected chi connectivity index (χ2v) is 6.78. The average Bonchev–Trinajstić information content (AvgIpc) is 2.88. The number of ether oxygens (including phenoxy) is 1. The number of ketones is 1. The first-order valence-electron chi connectivity index (χ1n) is 7.43. The van der Waals surface area contributed by atoms with Crippen LogP contribution in [0.3, 0.4) is 0 Å². The quantitative estimate of drug-likeness (QED) is 0.584. The van der Waals surface area contributed by atoms with Gasteiger partial charge in [0.15, 0.2) is 5.78 Å². The molecule has 0 N–H and O–H groups in total. The van der Waals surface area contributed by atoms with E-state index in [1.165, 1.54) is 11.1 Å². The molecule has 2 unspecified atom stereocenters. The van der Waals surface area contributed by atoms with Crippen molar-refractivity contribution in [2.24, 2.45) is 11.3 Å². The first-order chi connectivity index (χ1) is 9.71. The Kier molecular flexibility index (Phi) is 3.96. The largest absolute Gasteiger partial charge is 0.457 e. The summed E-state index contributed by atoms with van der Waals surface area (Å²) in [5.41, 5.74) is 3.87. The third kappa shape index (κ3) is 2.61. The molecule has 2 aliphatic rings. The van der Waals surface area contributed by atoms with Gasteiger partial charge in [-0.25, -0.2) is 0 Å². The van der Waals surface area contributed by atoms with E-state index in [0.717, 1.165) is 11.1 Å². The van der Waals surface area contributed by atoms with Crippen LogP contribution < -0.4 is 0 Å². The van der Waals surface area contributed by atoms with Crippen LogP contribution in [-0.2, 0) is 14.3 Å². The number of rotatable bonds is 4. The van der Waals surface area contributed by atoms with Gasteiger partial charge in [0.1, 0.15) is 6.10 Å². The zero-order valence-electron chi connectivity index (χ0n) is 13.6. The number of carbonyl (C=O) groups excluding carboxylic acids is 2. The molecule has 2 rings (SSSR count). The SMILES string of the molecule is C=CCC1=C(C)C(OC(=O)C2C(=C(C)C)C2(C)C)CC1=O. The monoisotopic (exact) mass is 288 g/mol. The summed E-state index contributed by atoms with van der Waals surface area (Å²) in [5.74, 6) is -0.287. The molecule has 2 atom stereocenters. The van der Waals surface area contributed by atoms with Crippen LogP contribution in [0.2, 0.25) is 0 Å². The van der Waals surface area contributed by atoms with Gasteiger partial charge in [-0.3, -0.25) is 9.59 Å². The van der Waals surface area contributed by atoms with E-state index in [2.05, 4.69) is 20.4 Å². The van der Waals surface area contributed by atoms with Crippen LogP contribution in [0.5, 0.6) is 0 Å². The summed E-state index contributed by atoms with van der Waals surface area (Å²) in [6, 6.07) is 0. The van der Waals surface area contributed by atoms with Crippen LogP contribution in [0.25, 0.3) is 0 Å². The first-order valence-corrected chi connectivity index (χ1v) is 7.43. The molecule has 114 valence electrons. The Balaban J connectivity index is 2.11. The standard InChI is InChI=1S/C18H24O3/c1-7-8-12-11(4)14(9-13(12)19)21-17(20)16-15(10(2)3)18(16,5)6/h7,14,16H,1,8-9H2,2-6H3. The smallest absolute Gasteiger partial charge is 0.314 e. The number of hydrogen-bond acceptors (Lipinski definition) is 3. The van der Waals surface area contributed by atoms with Crippen molar-refractivity contribution in [3.8, 4) is 0 Å². The Morgan fingerprint density at radius 2 is 2.05 bits per heavy atom. The molecular weight excluding hydrogens is 264 g/mol. The van der Waals surface area contributed by atoms with E-state index in [1.54, 1.807) is 6.08 Å². The number of esters is 1. The molecule has 0 radical (unpaired) electrons. The third-order valence-electron chi connectivity index (χ3n) is 4.67. The van der Waals surface area contributed by atoms with Gasteiger partial charge in [0.2, 0.25) is 0 Å². The van der Waals surface area contributed by atoms with E-state index in [1.807, 2.05) is 20.8 Å². The van der Waals surface area contributed by atoms with E-state index in [4.69, 9.17) is 4.74 Å². The average molecular weight is 288 g/mol. The van der Waals surface area contributed by atoms with Gasteiger partial charge in [0.05, 0.1) is 12.3 Å². The van der Waals surface area contributed by atoms with Gasteiger partial charge in [-0.2, -0.15) is 0 Å². The first kappa shape index (κ1) is 15.7. The maximum Gasteiger partial charge on any atom is 0.314 e. The molecule has 1 fully saturated rings. The topological polar surface area (TPSA) is 43.4 Å². The minimum absolute atomic E-state index is 0.0719. The highest BCUT2D eigenvalue weighted by Crippen LogP contribution is 2.59. The van der Waals surface area contributed by atoms with E-state index >= 15 is 0 Å². The molecule has 0 spiro atoms. The van der Waals surface area contributed by atoms with Gasteiger partial charge in [0, 0.05) is 11.0 Å². The van der Waals surface area contributed by atoms with Gasteiger partial charge in [-0.05, 0) is 38.3 Å². The predicted molar refractivity (Wildman–Crippen MR) is 82.7 cm³/mol. The summed E-state index contributed by atoms with van der Waals surface area (Å²) in [5, 5.41) is 0. The molecule has 0 amide bonds. The van der Waals surface area contributed by atoms with Crippen molar-refractivity contribution in [1.29, 1.82) is 0 Å². The second-order valence-electron chi connectivity index (χ2n) is 6.78. The summed E-state index contributed by atoms with van der Waals surface area (Å²) >= 11 is 0. The van der Waals surface area contributed by atoms with Crippen LogP contribution in [0, 0.1) is 11.3 Å². The molecule has 0 aromatic rings. The Hall–Kier alpha value is -1.64. The molecule has 0 aliphatic heterocycles. The van der Waals surface area contributed by atoms with Gasteiger partial charge < -0.3 is 4.74 Å².